The second kappa shape index (κ2) is 8.15. The van der Waals surface area contributed by atoms with Crippen LogP contribution in [0.4, 0.5) is 5.69 Å². The Bertz CT molecular complexity index is 782. The van der Waals surface area contributed by atoms with Gasteiger partial charge in [-0.15, -0.1) is 0 Å². The van der Waals surface area contributed by atoms with Crippen molar-refractivity contribution in [2.45, 2.75) is 39.2 Å². The molecule has 3 atom stereocenters. The highest BCUT2D eigenvalue weighted by Crippen LogP contribution is 2.37. The number of nitrogens with zero attached hydrogens (tertiary/aromatic N) is 1. The molecule has 0 bridgehead atoms. The van der Waals surface area contributed by atoms with Crippen LogP contribution in [0.15, 0.2) is 34.8 Å². The largest absolute Gasteiger partial charge is 0.323 e. The highest BCUT2D eigenvalue weighted by Gasteiger charge is 2.51. The van der Waals surface area contributed by atoms with E-state index in [4.69, 9.17) is 11.6 Å². The van der Waals surface area contributed by atoms with E-state index in [2.05, 4.69) is 21.2 Å². The van der Waals surface area contributed by atoms with Crippen LogP contribution in [0.3, 0.4) is 0 Å². The fourth-order valence-corrected chi connectivity index (χ4v) is 4.44. The van der Waals surface area contributed by atoms with Crippen LogP contribution in [0.25, 0.3) is 0 Å². The molecule has 1 saturated heterocycles. The van der Waals surface area contributed by atoms with Crippen molar-refractivity contribution in [2.24, 2.45) is 17.8 Å². The zero-order chi connectivity index (χ0) is 19.7. The summed E-state index contributed by atoms with van der Waals surface area (Å²) in [6.07, 6.45) is 5.40. The summed E-state index contributed by atoms with van der Waals surface area (Å²) in [5.41, 5.74) is 0.455. The van der Waals surface area contributed by atoms with Gasteiger partial charge >= 0.3 is 0 Å². The van der Waals surface area contributed by atoms with Gasteiger partial charge in [0, 0.05) is 4.47 Å². The van der Waals surface area contributed by atoms with Gasteiger partial charge in [0.1, 0.15) is 6.04 Å². The zero-order valence-corrected chi connectivity index (χ0v) is 17.6. The quantitative estimate of drug-likeness (QED) is 0.530. The minimum absolute atomic E-state index is 0.141. The molecule has 0 radical (unpaired) electrons. The highest BCUT2D eigenvalue weighted by molar-refractivity contribution is 9.10. The lowest BCUT2D eigenvalue weighted by atomic mass is 9.85. The van der Waals surface area contributed by atoms with E-state index in [0.29, 0.717) is 30.0 Å². The van der Waals surface area contributed by atoms with Gasteiger partial charge in [0.25, 0.3) is 0 Å². The van der Waals surface area contributed by atoms with Gasteiger partial charge in [0.15, 0.2) is 0 Å². The van der Waals surface area contributed by atoms with Gasteiger partial charge in [-0.05, 0) is 43.4 Å². The molecule has 27 heavy (non-hydrogen) atoms. The fraction of sp³-hybridized carbons (Fsp3) is 0.450. The van der Waals surface area contributed by atoms with Gasteiger partial charge in [-0.1, -0.05) is 53.5 Å². The number of hydrogen-bond donors (Lipinski definition) is 1. The number of halogens is 2. The first-order valence-corrected chi connectivity index (χ1v) is 10.2. The Morgan fingerprint density at radius 3 is 2.33 bits per heavy atom. The van der Waals surface area contributed by atoms with Crippen molar-refractivity contribution in [2.75, 3.05) is 5.32 Å². The molecule has 1 fully saturated rings. The molecule has 0 saturated carbocycles. The van der Waals surface area contributed by atoms with Gasteiger partial charge in [0.05, 0.1) is 22.5 Å². The number of nitrogens with one attached hydrogen (secondary N) is 1. The van der Waals surface area contributed by atoms with E-state index >= 15 is 0 Å². The summed E-state index contributed by atoms with van der Waals surface area (Å²) in [6.45, 7) is 3.93. The van der Waals surface area contributed by atoms with E-state index in [-0.39, 0.29) is 35.5 Å². The van der Waals surface area contributed by atoms with Crippen molar-refractivity contribution < 1.29 is 14.4 Å². The molecule has 3 rings (SSSR count). The maximum atomic E-state index is 13.0. The van der Waals surface area contributed by atoms with Crippen LogP contribution in [0.5, 0.6) is 0 Å². The molecule has 1 aliphatic carbocycles. The van der Waals surface area contributed by atoms with Crippen molar-refractivity contribution in [1.29, 1.82) is 0 Å². The summed E-state index contributed by atoms with van der Waals surface area (Å²) < 4.78 is 0.797. The molecule has 1 aliphatic heterocycles. The van der Waals surface area contributed by atoms with Crippen molar-refractivity contribution in [3.8, 4) is 0 Å². The van der Waals surface area contributed by atoms with Gasteiger partial charge < -0.3 is 5.32 Å². The van der Waals surface area contributed by atoms with E-state index in [0.717, 1.165) is 4.47 Å². The number of amides is 3. The second-order valence-corrected chi connectivity index (χ2v) is 8.78. The third kappa shape index (κ3) is 4.11. The lowest BCUT2D eigenvalue weighted by Crippen LogP contribution is -2.48. The standard InChI is InChI=1S/C20H22BrClN2O3/c1-11(2)9-17(18(25)23-16-8-7-12(21)10-15(16)22)24-19(26)13-5-3-4-6-14(13)20(24)27/h3-4,7-8,10-11,13-14,17H,5-6,9H2,1-2H3,(H,23,25). The first-order valence-electron chi connectivity index (χ1n) is 9.07. The maximum Gasteiger partial charge on any atom is 0.247 e. The van der Waals surface area contributed by atoms with Crippen molar-refractivity contribution in [3.63, 3.8) is 0 Å². The van der Waals surface area contributed by atoms with Crippen molar-refractivity contribution in [3.05, 3.63) is 39.8 Å². The van der Waals surface area contributed by atoms with E-state index < -0.39 is 6.04 Å². The van der Waals surface area contributed by atoms with Gasteiger partial charge in [-0.2, -0.15) is 0 Å². The Labute approximate surface area is 172 Å². The zero-order valence-electron chi connectivity index (χ0n) is 15.2. The third-order valence-electron chi connectivity index (χ3n) is 5.04. The summed E-state index contributed by atoms with van der Waals surface area (Å²) in [5.74, 6) is -1.42. The molecule has 2 aliphatic rings. The molecule has 5 nitrogen and oxygen atoms in total. The van der Waals surface area contributed by atoms with E-state index in [1.54, 1.807) is 18.2 Å². The summed E-state index contributed by atoms with van der Waals surface area (Å²) in [7, 11) is 0. The van der Waals surface area contributed by atoms with Crippen LogP contribution in [0, 0.1) is 17.8 Å². The number of carbonyl (C=O) groups excluding carboxylic acids is 3. The van der Waals surface area contributed by atoms with Crippen LogP contribution in [0.2, 0.25) is 5.02 Å². The summed E-state index contributed by atoms with van der Waals surface area (Å²) in [4.78, 5) is 40.0. The number of anilines is 1. The number of hydrogen-bond acceptors (Lipinski definition) is 3. The van der Waals surface area contributed by atoms with Crippen molar-refractivity contribution in [1.82, 2.24) is 4.90 Å². The first kappa shape index (κ1) is 20.1. The average Bonchev–Trinajstić information content (AvgIpc) is 2.86. The monoisotopic (exact) mass is 452 g/mol. The van der Waals surface area contributed by atoms with Gasteiger partial charge in [-0.3, -0.25) is 19.3 Å². The number of fused-ring (bicyclic) bond motifs is 1. The molecule has 0 aromatic heterocycles. The molecule has 3 amide bonds. The second-order valence-electron chi connectivity index (χ2n) is 7.46. The third-order valence-corrected chi connectivity index (χ3v) is 5.85. The topological polar surface area (TPSA) is 66.5 Å². The minimum Gasteiger partial charge on any atom is -0.323 e. The first-order chi connectivity index (χ1) is 12.8. The number of allylic oxidation sites excluding steroid dienone is 2. The predicted molar refractivity (Wildman–Crippen MR) is 108 cm³/mol. The molecule has 1 N–H and O–H groups in total. The Morgan fingerprint density at radius 1 is 1.22 bits per heavy atom. The van der Waals surface area contributed by atoms with Crippen LogP contribution in [-0.4, -0.2) is 28.7 Å². The predicted octanol–water partition coefficient (Wildman–Crippen LogP) is 4.41. The Kier molecular flexibility index (Phi) is 6.06. The smallest absolute Gasteiger partial charge is 0.247 e. The fourth-order valence-electron chi connectivity index (χ4n) is 3.72. The van der Waals surface area contributed by atoms with Gasteiger partial charge in [0.2, 0.25) is 17.7 Å². The van der Waals surface area contributed by atoms with Crippen LogP contribution < -0.4 is 5.32 Å². The lowest BCUT2D eigenvalue weighted by molar-refractivity contribution is -0.147. The number of rotatable bonds is 5. The van der Waals surface area contributed by atoms with Crippen LogP contribution >= 0.6 is 27.5 Å². The lowest BCUT2D eigenvalue weighted by Gasteiger charge is -2.27. The molecule has 144 valence electrons. The minimum atomic E-state index is -0.838. The number of likely N-dealkylation sites (tertiary alicyclic amines) is 1. The Morgan fingerprint density at radius 2 is 1.81 bits per heavy atom. The van der Waals surface area contributed by atoms with E-state index in [1.807, 2.05) is 26.0 Å². The Balaban J connectivity index is 1.86. The van der Waals surface area contributed by atoms with Gasteiger partial charge in [-0.25, -0.2) is 0 Å². The summed E-state index contributed by atoms with van der Waals surface area (Å²) >= 11 is 9.53. The maximum absolute atomic E-state index is 13.0. The molecular formula is C20H22BrClN2O3. The van der Waals surface area contributed by atoms with E-state index in [9.17, 15) is 14.4 Å². The molecule has 3 unspecified atom stereocenters. The molecule has 7 heteroatoms. The highest BCUT2D eigenvalue weighted by atomic mass is 79.9. The SMILES string of the molecule is CC(C)CC(C(=O)Nc1ccc(Br)cc1Cl)N1C(=O)C2CC=CCC2C1=O. The molecule has 1 heterocycles. The normalized spacial score (nSPS) is 22.9. The molecular weight excluding hydrogens is 432 g/mol. The van der Waals surface area contributed by atoms with Crippen molar-refractivity contribution >= 4 is 50.9 Å². The van der Waals surface area contributed by atoms with Crippen LogP contribution in [-0.2, 0) is 14.4 Å². The van der Waals surface area contributed by atoms with Crippen LogP contribution in [0.1, 0.15) is 33.1 Å². The molecule has 1 aromatic rings. The number of carbonyl (C=O) groups is 3. The average molecular weight is 454 g/mol. The number of imide groups is 1. The molecule has 1 aromatic carbocycles. The van der Waals surface area contributed by atoms with E-state index in [1.165, 1.54) is 4.90 Å². The summed E-state index contributed by atoms with van der Waals surface area (Å²) in [5, 5.41) is 3.18. The summed E-state index contributed by atoms with van der Waals surface area (Å²) in [6, 6.07) is 4.30. The number of benzene rings is 1. The molecule has 0 spiro atoms. The Hall–Kier alpha value is -1.66.